The van der Waals surface area contributed by atoms with Crippen LogP contribution in [0.4, 0.5) is 0 Å². The summed E-state index contributed by atoms with van der Waals surface area (Å²) in [4.78, 5) is 4.58. The van der Waals surface area contributed by atoms with Gasteiger partial charge in [-0.05, 0) is 36.8 Å². The molecule has 102 valence electrons. The van der Waals surface area contributed by atoms with Gasteiger partial charge in [-0.15, -0.1) is 0 Å². The van der Waals surface area contributed by atoms with E-state index in [9.17, 15) is 0 Å². The van der Waals surface area contributed by atoms with Crippen molar-refractivity contribution in [2.24, 2.45) is 0 Å². The summed E-state index contributed by atoms with van der Waals surface area (Å²) in [5.41, 5.74) is 3.04. The van der Waals surface area contributed by atoms with Crippen molar-refractivity contribution in [1.29, 1.82) is 0 Å². The van der Waals surface area contributed by atoms with Crippen LogP contribution in [0.1, 0.15) is 13.3 Å². The summed E-state index contributed by atoms with van der Waals surface area (Å²) in [5, 5.41) is 0. The van der Waals surface area contributed by atoms with Gasteiger partial charge in [0.1, 0.15) is 0 Å². The lowest BCUT2D eigenvalue weighted by Gasteiger charge is -2.09. The van der Waals surface area contributed by atoms with Crippen molar-refractivity contribution in [2.75, 3.05) is 6.61 Å². The first-order chi connectivity index (χ1) is 9.79. The minimum absolute atomic E-state index is 0.645. The SMILES string of the molecule is CCCOc1nc2ccccc2n1-c1cccc(Br)c1. The number of para-hydroxylation sites is 2. The van der Waals surface area contributed by atoms with Gasteiger partial charge in [0.05, 0.1) is 23.3 Å². The normalized spacial score (nSPS) is 10.9. The predicted octanol–water partition coefficient (Wildman–Crippen LogP) is 4.58. The van der Waals surface area contributed by atoms with Gasteiger partial charge in [-0.25, -0.2) is 0 Å². The van der Waals surface area contributed by atoms with E-state index < -0.39 is 0 Å². The van der Waals surface area contributed by atoms with Crippen LogP contribution in [0.5, 0.6) is 6.01 Å². The van der Waals surface area contributed by atoms with Crippen LogP contribution in [0.3, 0.4) is 0 Å². The Morgan fingerprint density at radius 1 is 1.15 bits per heavy atom. The summed E-state index contributed by atoms with van der Waals surface area (Å²) in [6, 6.07) is 16.8. The molecule has 0 bridgehead atoms. The van der Waals surface area contributed by atoms with Crippen molar-refractivity contribution in [2.45, 2.75) is 13.3 Å². The zero-order valence-corrected chi connectivity index (χ0v) is 12.8. The van der Waals surface area contributed by atoms with Gasteiger partial charge in [0.2, 0.25) is 0 Å². The number of benzene rings is 2. The third kappa shape index (κ3) is 2.43. The van der Waals surface area contributed by atoms with Crippen molar-refractivity contribution in [3.8, 4) is 11.7 Å². The van der Waals surface area contributed by atoms with Gasteiger partial charge in [0.15, 0.2) is 0 Å². The van der Waals surface area contributed by atoms with Gasteiger partial charge in [0.25, 0.3) is 0 Å². The van der Waals surface area contributed by atoms with Gasteiger partial charge in [-0.1, -0.05) is 41.1 Å². The Labute approximate surface area is 126 Å². The van der Waals surface area contributed by atoms with Crippen LogP contribution in [-0.4, -0.2) is 16.2 Å². The molecule has 0 saturated carbocycles. The molecule has 0 radical (unpaired) electrons. The van der Waals surface area contributed by atoms with E-state index in [1.54, 1.807) is 0 Å². The van der Waals surface area contributed by atoms with Gasteiger partial charge < -0.3 is 4.74 Å². The van der Waals surface area contributed by atoms with Crippen LogP contribution in [0.15, 0.2) is 53.0 Å². The number of imidazole rings is 1. The third-order valence-electron chi connectivity index (χ3n) is 3.03. The summed E-state index contributed by atoms with van der Waals surface area (Å²) in [5.74, 6) is 0. The lowest BCUT2D eigenvalue weighted by Crippen LogP contribution is -2.03. The molecule has 4 heteroatoms. The molecule has 0 N–H and O–H groups in total. The Morgan fingerprint density at radius 3 is 2.80 bits per heavy atom. The van der Waals surface area contributed by atoms with E-state index in [4.69, 9.17) is 4.74 Å². The second-order valence-corrected chi connectivity index (χ2v) is 5.46. The van der Waals surface area contributed by atoms with E-state index in [1.165, 1.54) is 0 Å². The quantitative estimate of drug-likeness (QED) is 0.700. The molecule has 0 atom stereocenters. The Kier molecular flexibility index (Phi) is 3.74. The van der Waals surface area contributed by atoms with Crippen LogP contribution in [0, 0.1) is 0 Å². The minimum Gasteiger partial charge on any atom is -0.464 e. The molecule has 2 aromatic carbocycles. The van der Waals surface area contributed by atoms with E-state index in [-0.39, 0.29) is 0 Å². The fourth-order valence-corrected chi connectivity index (χ4v) is 2.55. The molecule has 0 unspecified atom stereocenters. The number of aromatic nitrogens is 2. The maximum Gasteiger partial charge on any atom is 0.302 e. The highest BCUT2D eigenvalue weighted by Gasteiger charge is 2.13. The molecule has 0 spiro atoms. The first-order valence-electron chi connectivity index (χ1n) is 6.66. The number of hydrogen-bond acceptors (Lipinski definition) is 2. The first-order valence-corrected chi connectivity index (χ1v) is 7.45. The summed E-state index contributed by atoms with van der Waals surface area (Å²) in [6.07, 6.45) is 0.960. The predicted molar refractivity (Wildman–Crippen MR) is 84.6 cm³/mol. The van der Waals surface area contributed by atoms with Crippen LogP contribution in [0.25, 0.3) is 16.7 Å². The third-order valence-corrected chi connectivity index (χ3v) is 3.52. The van der Waals surface area contributed by atoms with Crippen LogP contribution >= 0.6 is 15.9 Å². The molecule has 0 amide bonds. The molecule has 3 rings (SSSR count). The molecule has 1 aromatic heterocycles. The number of nitrogens with zero attached hydrogens (tertiary/aromatic N) is 2. The smallest absolute Gasteiger partial charge is 0.302 e. The number of ether oxygens (including phenoxy) is 1. The van der Waals surface area contributed by atoms with E-state index in [2.05, 4.69) is 50.6 Å². The van der Waals surface area contributed by atoms with Gasteiger partial charge in [0, 0.05) is 4.47 Å². The van der Waals surface area contributed by atoms with Crippen molar-refractivity contribution in [3.63, 3.8) is 0 Å². The Hall–Kier alpha value is -1.81. The number of halogens is 1. The molecule has 20 heavy (non-hydrogen) atoms. The zero-order valence-electron chi connectivity index (χ0n) is 11.2. The Morgan fingerprint density at radius 2 is 2.00 bits per heavy atom. The van der Waals surface area contributed by atoms with Gasteiger partial charge >= 0.3 is 6.01 Å². The summed E-state index contributed by atoms with van der Waals surface area (Å²) in [6.45, 7) is 2.75. The molecular formula is C16H15BrN2O. The van der Waals surface area contributed by atoms with Crippen molar-refractivity contribution in [1.82, 2.24) is 9.55 Å². The molecule has 1 heterocycles. The fourth-order valence-electron chi connectivity index (χ4n) is 2.16. The Bertz CT molecular complexity index is 736. The van der Waals surface area contributed by atoms with Crippen molar-refractivity contribution in [3.05, 3.63) is 53.0 Å². The highest BCUT2D eigenvalue weighted by molar-refractivity contribution is 9.10. The van der Waals surface area contributed by atoms with E-state index >= 15 is 0 Å². The zero-order chi connectivity index (χ0) is 13.9. The molecular weight excluding hydrogens is 316 g/mol. The fraction of sp³-hybridized carbons (Fsp3) is 0.188. The average molecular weight is 331 g/mol. The maximum absolute atomic E-state index is 5.80. The summed E-state index contributed by atoms with van der Waals surface area (Å²) >= 11 is 3.51. The summed E-state index contributed by atoms with van der Waals surface area (Å²) < 4.78 is 8.89. The van der Waals surface area contributed by atoms with Crippen molar-refractivity contribution < 1.29 is 4.74 Å². The van der Waals surface area contributed by atoms with Crippen molar-refractivity contribution >= 4 is 27.0 Å². The number of rotatable bonds is 4. The van der Waals surface area contributed by atoms with Gasteiger partial charge in [-0.3, -0.25) is 4.57 Å². The lowest BCUT2D eigenvalue weighted by molar-refractivity contribution is 0.289. The van der Waals surface area contributed by atoms with Crippen LogP contribution in [-0.2, 0) is 0 Å². The average Bonchev–Trinajstić information content (AvgIpc) is 2.83. The number of fused-ring (bicyclic) bond motifs is 1. The summed E-state index contributed by atoms with van der Waals surface area (Å²) in [7, 11) is 0. The highest BCUT2D eigenvalue weighted by Crippen LogP contribution is 2.27. The molecule has 0 aliphatic carbocycles. The first kappa shape index (κ1) is 13.2. The standard InChI is InChI=1S/C16H15BrN2O/c1-2-10-20-16-18-14-8-3-4-9-15(14)19(16)13-7-5-6-12(17)11-13/h3-9,11H,2,10H2,1H3. The molecule has 0 aliphatic heterocycles. The van der Waals surface area contributed by atoms with E-state index in [1.807, 2.05) is 30.3 Å². The van der Waals surface area contributed by atoms with Gasteiger partial charge in [-0.2, -0.15) is 4.98 Å². The highest BCUT2D eigenvalue weighted by atomic mass is 79.9. The number of hydrogen-bond donors (Lipinski definition) is 0. The van der Waals surface area contributed by atoms with Crippen LogP contribution in [0.2, 0.25) is 0 Å². The monoisotopic (exact) mass is 330 g/mol. The molecule has 3 nitrogen and oxygen atoms in total. The van der Waals surface area contributed by atoms with Crippen LogP contribution < -0.4 is 4.74 Å². The minimum atomic E-state index is 0.645. The second-order valence-electron chi connectivity index (χ2n) is 4.55. The maximum atomic E-state index is 5.80. The van der Waals surface area contributed by atoms with E-state index in [0.29, 0.717) is 12.6 Å². The lowest BCUT2D eigenvalue weighted by atomic mass is 10.3. The largest absolute Gasteiger partial charge is 0.464 e. The topological polar surface area (TPSA) is 27.1 Å². The second kappa shape index (κ2) is 5.67. The Balaban J connectivity index is 2.20. The van der Waals surface area contributed by atoms with E-state index in [0.717, 1.165) is 27.6 Å². The molecule has 3 aromatic rings. The molecule has 0 fully saturated rings. The molecule has 0 saturated heterocycles. The molecule has 0 aliphatic rings.